The molecule has 1 aliphatic rings. The molecule has 1 aromatic rings. The molecule has 2 rings (SSSR count). The fourth-order valence-electron chi connectivity index (χ4n) is 1.92. The number of hydrogen-bond donors (Lipinski definition) is 1. The number of anilines is 1. The minimum absolute atomic E-state index is 0.0357. The van der Waals surface area contributed by atoms with Crippen LogP contribution in [-0.4, -0.2) is 31.0 Å². The molecule has 5 heteroatoms. The van der Waals surface area contributed by atoms with Gasteiger partial charge in [0.1, 0.15) is 18.5 Å². The zero-order valence-electron chi connectivity index (χ0n) is 12.5. The van der Waals surface area contributed by atoms with Crippen LogP contribution in [0.5, 0.6) is 5.75 Å². The van der Waals surface area contributed by atoms with Crippen LogP contribution in [0.3, 0.4) is 0 Å². The van der Waals surface area contributed by atoms with E-state index in [-0.39, 0.29) is 17.8 Å². The quantitative estimate of drug-likeness (QED) is 0.590. The standard InChI is InChI=1S/C16H21NO4/c1-3-4-5-16(19)17-12-6-7-15(14(8-12)11(2)18)21-10-13-9-20-13/h6-8,13H,3-5,9-10H2,1-2H3,(H,17,19). The Morgan fingerprint density at radius 2 is 2.19 bits per heavy atom. The highest BCUT2D eigenvalue weighted by atomic mass is 16.6. The largest absolute Gasteiger partial charge is 0.490 e. The van der Waals surface area contributed by atoms with Crippen LogP contribution in [0.25, 0.3) is 0 Å². The van der Waals surface area contributed by atoms with Crippen LogP contribution in [0.4, 0.5) is 5.69 Å². The summed E-state index contributed by atoms with van der Waals surface area (Å²) in [5.41, 5.74) is 1.10. The molecule has 0 spiro atoms. The van der Waals surface area contributed by atoms with Gasteiger partial charge < -0.3 is 14.8 Å². The smallest absolute Gasteiger partial charge is 0.224 e. The molecule has 0 radical (unpaired) electrons. The number of amides is 1. The lowest BCUT2D eigenvalue weighted by Crippen LogP contribution is -2.12. The van der Waals surface area contributed by atoms with Gasteiger partial charge in [-0.3, -0.25) is 9.59 Å². The molecule has 1 aliphatic heterocycles. The predicted octanol–water partition coefficient (Wildman–Crippen LogP) is 2.80. The Labute approximate surface area is 124 Å². The van der Waals surface area contributed by atoms with Crippen molar-refractivity contribution in [3.05, 3.63) is 23.8 Å². The van der Waals surface area contributed by atoms with Gasteiger partial charge in [0.2, 0.25) is 5.91 Å². The van der Waals surface area contributed by atoms with E-state index >= 15 is 0 Å². The number of carbonyl (C=O) groups excluding carboxylic acids is 2. The van der Waals surface area contributed by atoms with E-state index in [0.29, 0.717) is 36.6 Å². The second-order valence-electron chi connectivity index (χ2n) is 5.19. The van der Waals surface area contributed by atoms with E-state index in [1.807, 2.05) is 6.92 Å². The third-order valence-electron chi connectivity index (χ3n) is 3.23. The maximum Gasteiger partial charge on any atom is 0.224 e. The number of unbranched alkanes of at least 4 members (excludes halogenated alkanes) is 1. The zero-order valence-corrected chi connectivity index (χ0v) is 12.5. The first-order valence-electron chi connectivity index (χ1n) is 7.29. The lowest BCUT2D eigenvalue weighted by Gasteiger charge is -2.11. The molecule has 114 valence electrons. The molecule has 1 heterocycles. The number of epoxide rings is 1. The van der Waals surface area contributed by atoms with Crippen LogP contribution in [0.1, 0.15) is 43.5 Å². The van der Waals surface area contributed by atoms with Crippen LogP contribution in [0, 0.1) is 0 Å². The maximum atomic E-state index is 11.7. The van der Waals surface area contributed by atoms with Gasteiger partial charge in [-0.15, -0.1) is 0 Å². The Balaban J connectivity index is 2.03. The van der Waals surface area contributed by atoms with Crippen LogP contribution in [0.15, 0.2) is 18.2 Å². The van der Waals surface area contributed by atoms with E-state index < -0.39 is 0 Å². The Morgan fingerprint density at radius 1 is 1.43 bits per heavy atom. The van der Waals surface area contributed by atoms with E-state index in [2.05, 4.69) is 5.32 Å². The second-order valence-corrected chi connectivity index (χ2v) is 5.19. The maximum absolute atomic E-state index is 11.7. The number of ether oxygens (including phenoxy) is 2. The van der Waals surface area contributed by atoms with Crippen molar-refractivity contribution in [2.45, 2.75) is 39.2 Å². The number of nitrogens with one attached hydrogen (secondary N) is 1. The molecule has 5 nitrogen and oxygen atoms in total. The summed E-state index contributed by atoms with van der Waals surface area (Å²) in [6, 6.07) is 5.13. The zero-order chi connectivity index (χ0) is 15.2. The first-order chi connectivity index (χ1) is 10.1. The van der Waals surface area contributed by atoms with E-state index in [1.54, 1.807) is 18.2 Å². The van der Waals surface area contributed by atoms with Gasteiger partial charge in [0.25, 0.3) is 0 Å². The normalized spacial score (nSPS) is 16.4. The van der Waals surface area contributed by atoms with E-state index in [1.165, 1.54) is 6.92 Å². The van der Waals surface area contributed by atoms with Crippen molar-refractivity contribution < 1.29 is 19.1 Å². The summed E-state index contributed by atoms with van der Waals surface area (Å²) in [5, 5.41) is 2.81. The molecule has 0 saturated carbocycles. The monoisotopic (exact) mass is 291 g/mol. The number of ketones is 1. The average Bonchev–Trinajstić information content (AvgIpc) is 3.27. The summed E-state index contributed by atoms with van der Waals surface area (Å²) in [7, 11) is 0. The Morgan fingerprint density at radius 3 is 2.81 bits per heavy atom. The summed E-state index contributed by atoms with van der Waals surface area (Å²) >= 11 is 0. The SMILES string of the molecule is CCCCC(=O)Nc1ccc(OCC2CO2)c(C(C)=O)c1. The minimum atomic E-state index is -0.0913. The molecule has 1 saturated heterocycles. The number of Topliss-reactive ketones (excluding diaryl/α,β-unsaturated/α-hetero) is 1. The molecular weight excluding hydrogens is 270 g/mol. The Hall–Kier alpha value is -1.88. The molecule has 1 atom stereocenters. The van der Waals surface area contributed by atoms with Gasteiger partial charge in [0.05, 0.1) is 12.2 Å². The lowest BCUT2D eigenvalue weighted by molar-refractivity contribution is -0.116. The first-order valence-corrected chi connectivity index (χ1v) is 7.29. The highest BCUT2D eigenvalue weighted by molar-refractivity contribution is 5.99. The fraction of sp³-hybridized carbons (Fsp3) is 0.500. The molecule has 0 aromatic heterocycles. The van der Waals surface area contributed by atoms with Crippen molar-refractivity contribution >= 4 is 17.4 Å². The fourth-order valence-corrected chi connectivity index (χ4v) is 1.92. The molecule has 1 N–H and O–H groups in total. The summed E-state index contributed by atoms with van der Waals surface area (Å²) in [4.78, 5) is 23.4. The average molecular weight is 291 g/mol. The Bertz CT molecular complexity index is 523. The van der Waals surface area contributed by atoms with Gasteiger partial charge in [-0.05, 0) is 31.5 Å². The highest BCUT2D eigenvalue weighted by Crippen LogP contribution is 2.25. The summed E-state index contributed by atoms with van der Waals surface area (Å²) in [6.45, 7) is 4.68. The lowest BCUT2D eigenvalue weighted by atomic mass is 10.1. The van der Waals surface area contributed by atoms with Gasteiger partial charge in [-0.25, -0.2) is 0 Å². The molecule has 1 unspecified atom stereocenters. The van der Waals surface area contributed by atoms with Crippen molar-refractivity contribution in [3.8, 4) is 5.75 Å². The molecule has 0 bridgehead atoms. The first kappa shape index (κ1) is 15.5. The molecule has 1 amide bonds. The summed E-state index contributed by atoms with van der Waals surface area (Å²) in [6.07, 6.45) is 2.46. The molecule has 21 heavy (non-hydrogen) atoms. The van der Waals surface area contributed by atoms with Crippen molar-refractivity contribution in [1.82, 2.24) is 0 Å². The molecule has 0 aliphatic carbocycles. The molecular formula is C16H21NO4. The Kier molecular flexibility index (Phi) is 5.33. The topological polar surface area (TPSA) is 67.9 Å². The number of hydrogen-bond acceptors (Lipinski definition) is 4. The van der Waals surface area contributed by atoms with E-state index in [9.17, 15) is 9.59 Å². The number of carbonyl (C=O) groups is 2. The van der Waals surface area contributed by atoms with Gasteiger partial charge in [0, 0.05) is 12.1 Å². The van der Waals surface area contributed by atoms with Gasteiger partial charge >= 0.3 is 0 Å². The number of benzene rings is 1. The highest BCUT2D eigenvalue weighted by Gasteiger charge is 2.24. The summed E-state index contributed by atoms with van der Waals surface area (Å²) in [5.74, 6) is 0.405. The third kappa shape index (κ3) is 4.86. The summed E-state index contributed by atoms with van der Waals surface area (Å²) < 4.78 is 10.7. The van der Waals surface area contributed by atoms with Crippen LogP contribution in [0.2, 0.25) is 0 Å². The predicted molar refractivity (Wildman–Crippen MR) is 79.8 cm³/mol. The van der Waals surface area contributed by atoms with Crippen molar-refractivity contribution in [1.29, 1.82) is 0 Å². The van der Waals surface area contributed by atoms with Gasteiger partial charge in [0.15, 0.2) is 5.78 Å². The van der Waals surface area contributed by atoms with Crippen molar-refractivity contribution in [2.75, 3.05) is 18.5 Å². The minimum Gasteiger partial charge on any atom is -0.490 e. The van der Waals surface area contributed by atoms with Crippen molar-refractivity contribution in [3.63, 3.8) is 0 Å². The third-order valence-corrected chi connectivity index (χ3v) is 3.23. The van der Waals surface area contributed by atoms with Gasteiger partial charge in [-0.2, -0.15) is 0 Å². The van der Waals surface area contributed by atoms with Crippen molar-refractivity contribution in [2.24, 2.45) is 0 Å². The second kappa shape index (κ2) is 7.22. The van der Waals surface area contributed by atoms with E-state index in [0.717, 1.165) is 12.8 Å². The van der Waals surface area contributed by atoms with Gasteiger partial charge in [-0.1, -0.05) is 13.3 Å². The van der Waals surface area contributed by atoms with E-state index in [4.69, 9.17) is 9.47 Å². The number of rotatable bonds is 8. The molecule has 1 aromatic carbocycles. The molecule has 1 fully saturated rings. The van der Waals surface area contributed by atoms with Crippen LogP contribution in [-0.2, 0) is 9.53 Å². The van der Waals surface area contributed by atoms with Crippen LogP contribution < -0.4 is 10.1 Å². The van der Waals surface area contributed by atoms with Crippen LogP contribution >= 0.6 is 0 Å².